The summed E-state index contributed by atoms with van der Waals surface area (Å²) >= 11 is 0. The zero-order valence-corrected chi connectivity index (χ0v) is 8.07. The highest BCUT2D eigenvalue weighted by Crippen LogP contribution is 2.10. The van der Waals surface area contributed by atoms with Crippen LogP contribution in [-0.4, -0.2) is 13.4 Å². The van der Waals surface area contributed by atoms with E-state index in [0.29, 0.717) is 6.29 Å². The predicted octanol–water partition coefficient (Wildman–Crippen LogP) is 2.05. The number of aldehydes is 1. The van der Waals surface area contributed by atoms with E-state index in [1.54, 1.807) is 7.11 Å². The van der Waals surface area contributed by atoms with Gasteiger partial charge >= 0.3 is 0 Å². The number of carbonyl (C=O) groups is 1. The van der Waals surface area contributed by atoms with Crippen molar-refractivity contribution in [2.45, 2.75) is 0 Å². The number of carbonyl (C=O) groups excluding carboxylic acids is 1. The minimum absolute atomic E-state index is 0.639. The van der Waals surface area contributed by atoms with Crippen LogP contribution in [0.25, 0.3) is 0 Å². The molecule has 0 atom stereocenters. The van der Waals surface area contributed by atoms with Crippen molar-refractivity contribution in [3.05, 3.63) is 42.5 Å². The quantitative estimate of drug-likeness (QED) is 0.403. The summed E-state index contributed by atoms with van der Waals surface area (Å²) in [6.45, 7) is 3.11. The third-order valence-corrected chi connectivity index (χ3v) is 1.33. The summed E-state index contributed by atoms with van der Waals surface area (Å²) in [4.78, 5) is 9.06. The molecule has 0 aromatic heterocycles. The second-order valence-electron chi connectivity index (χ2n) is 2.25. The van der Waals surface area contributed by atoms with E-state index in [-0.39, 0.29) is 0 Å². The molecule has 0 fully saturated rings. The first-order valence-corrected chi connectivity index (χ1v) is 3.95. The van der Waals surface area contributed by atoms with Crippen LogP contribution in [0.2, 0.25) is 0 Å². The summed E-state index contributed by atoms with van der Waals surface area (Å²) in [6.07, 6.45) is 7.00. The van der Waals surface area contributed by atoms with Gasteiger partial charge in [0, 0.05) is 5.56 Å². The Morgan fingerprint density at radius 1 is 1.57 bits per heavy atom. The van der Waals surface area contributed by atoms with Crippen molar-refractivity contribution in [1.29, 1.82) is 0 Å². The highest BCUT2D eigenvalue weighted by molar-refractivity contribution is 5.63. The third kappa shape index (κ3) is 4.78. The molecule has 1 aromatic rings. The van der Waals surface area contributed by atoms with Gasteiger partial charge in [-0.05, 0) is 24.3 Å². The molecule has 0 amide bonds. The number of benzene rings is 1. The molecule has 0 aliphatic heterocycles. The zero-order chi connectivity index (χ0) is 10.8. The van der Waals surface area contributed by atoms with E-state index < -0.39 is 0 Å². The molecule has 0 unspecified atom stereocenters. The van der Waals surface area contributed by atoms with E-state index in [0.717, 1.165) is 11.3 Å². The molecule has 0 saturated carbocycles. The van der Waals surface area contributed by atoms with Crippen LogP contribution in [0.1, 0.15) is 5.56 Å². The largest absolute Gasteiger partial charge is 0.497 e. The van der Waals surface area contributed by atoms with E-state index in [1.165, 1.54) is 6.08 Å². The lowest BCUT2D eigenvalue weighted by molar-refractivity contribution is -0.104. The molecule has 2 heteroatoms. The van der Waals surface area contributed by atoms with Crippen molar-refractivity contribution in [2.24, 2.45) is 0 Å². The Kier molecular flexibility index (Phi) is 6.53. The van der Waals surface area contributed by atoms with Crippen LogP contribution in [-0.2, 0) is 4.79 Å². The average molecular weight is 188 g/mol. The van der Waals surface area contributed by atoms with Crippen molar-refractivity contribution in [3.8, 4) is 18.1 Å². The normalized spacial score (nSPS) is 7.43. The molecule has 2 nitrogen and oxygen atoms in total. The summed E-state index contributed by atoms with van der Waals surface area (Å²) in [5.41, 5.74) is 0.847. The number of ether oxygens (including phenoxy) is 1. The molecule has 0 bridgehead atoms. The van der Waals surface area contributed by atoms with Gasteiger partial charge in [-0.1, -0.05) is 18.6 Å². The van der Waals surface area contributed by atoms with Crippen molar-refractivity contribution in [3.63, 3.8) is 0 Å². The summed E-state index contributed by atoms with van der Waals surface area (Å²) in [6, 6.07) is 7.41. The Morgan fingerprint density at radius 2 is 2.21 bits per heavy atom. The van der Waals surface area contributed by atoms with Crippen molar-refractivity contribution in [2.75, 3.05) is 7.11 Å². The van der Waals surface area contributed by atoms with Gasteiger partial charge in [0.2, 0.25) is 0 Å². The van der Waals surface area contributed by atoms with Gasteiger partial charge in [-0.25, -0.2) is 0 Å². The van der Waals surface area contributed by atoms with Crippen LogP contribution in [0.15, 0.2) is 36.9 Å². The maximum absolute atomic E-state index is 9.06. The molecular formula is C12H12O2. The van der Waals surface area contributed by atoms with Gasteiger partial charge in [-0.2, -0.15) is 0 Å². The molecule has 0 radical (unpaired) electrons. The van der Waals surface area contributed by atoms with Crippen molar-refractivity contribution in [1.82, 2.24) is 0 Å². The summed E-state index contributed by atoms with van der Waals surface area (Å²) < 4.78 is 4.96. The highest BCUT2D eigenvalue weighted by Gasteiger charge is 1.89. The maximum Gasteiger partial charge on any atom is 0.142 e. The molecule has 0 aliphatic carbocycles. The minimum Gasteiger partial charge on any atom is -0.497 e. The zero-order valence-electron chi connectivity index (χ0n) is 8.07. The monoisotopic (exact) mass is 188 g/mol. The molecular weight excluding hydrogens is 176 g/mol. The van der Waals surface area contributed by atoms with E-state index in [1.807, 2.05) is 24.3 Å². The fourth-order valence-electron chi connectivity index (χ4n) is 0.713. The lowest BCUT2D eigenvalue weighted by Crippen LogP contribution is -1.82. The van der Waals surface area contributed by atoms with Gasteiger partial charge in [-0.3, -0.25) is 4.79 Å². The molecule has 14 heavy (non-hydrogen) atoms. The molecule has 72 valence electrons. The fourth-order valence-corrected chi connectivity index (χ4v) is 0.713. The molecule has 1 aromatic carbocycles. The van der Waals surface area contributed by atoms with Gasteiger partial charge in [0.15, 0.2) is 0 Å². The van der Waals surface area contributed by atoms with E-state index >= 15 is 0 Å². The summed E-state index contributed by atoms with van der Waals surface area (Å²) in [5, 5.41) is 0. The van der Waals surface area contributed by atoms with Crippen LogP contribution in [0.4, 0.5) is 0 Å². The second kappa shape index (κ2) is 7.63. The first-order chi connectivity index (χ1) is 6.78. The summed E-state index contributed by atoms with van der Waals surface area (Å²) in [5.74, 6) is 3.32. The van der Waals surface area contributed by atoms with Crippen LogP contribution in [0, 0.1) is 12.3 Å². The Morgan fingerprint density at radius 3 is 2.64 bits per heavy atom. The van der Waals surface area contributed by atoms with Gasteiger partial charge in [0.05, 0.1) is 7.11 Å². The molecule has 0 N–H and O–H groups in total. The molecule has 0 saturated heterocycles. The fraction of sp³-hybridized carbons (Fsp3) is 0.0833. The first-order valence-electron chi connectivity index (χ1n) is 3.95. The van der Waals surface area contributed by atoms with Crippen LogP contribution < -0.4 is 4.74 Å². The van der Waals surface area contributed by atoms with Crippen LogP contribution >= 0.6 is 0 Å². The van der Waals surface area contributed by atoms with Gasteiger partial charge in [0.1, 0.15) is 12.0 Å². The number of hydrogen-bond donors (Lipinski definition) is 0. The maximum atomic E-state index is 9.06. The molecule has 0 spiro atoms. The van der Waals surface area contributed by atoms with Gasteiger partial charge in [0.25, 0.3) is 0 Å². The van der Waals surface area contributed by atoms with Crippen molar-refractivity contribution >= 4 is 6.29 Å². The minimum atomic E-state index is 0.639. The predicted molar refractivity (Wildman–Crippen MR) is 57.2 cm³/mol. The lowest BCUT2D eigenvalue weighted by atomic mass is 10.2. The number of terminal acetylenes is 1. The SMILES string of the molecule is C#Cc1cccc(OC)c1.C=CC=O. The third-order valence-electron chi connectivity index (χ3n) is 1.33. The number of methoxy groups -OCH3 is 1. The Balaban J connectivity index is 0.000000364. The van der Waals surface area contributed by atoms with E-state index in [9.17, 15) is 0 Å². The molecule has 1 rings (SSSR count). The van der Waals surface area contributed by atoms with Crippen molar-refractivity contribution < 1.29 is 9.53 Å². The first kappa shape index (κ1) is 12.0. The average Bonchev–Trinajstić information content (AvgIpc) is 2.29. The number of rotatable bonds is 2. The molecule has 0 heterocycles. The second-order valence-corrected chi connectivity index (χ2v) is 2.25. The van der Waals surface area contributed by atoms with Gasteiger partial charge < -0.3 is 4.74 Å². The molecule has 0 aliphatic rings. The topological polar surface area (TPSA) is 26.3 Å². The standard InChI is InChI=1S/C9H8O.C3H4O/c1-3-8-5-4-6-9(7-8)10-2;1-2-3-4/h1,4-7H,2H3;2-3H,1H2. The van der Waals surface area contributed by atoms with Gasteiger partial charge in [-0.15, -0.1) is 6.42 Å². The van der Waals surface area contributed by atoms with E-state index in [2.05, 4.69) is 12.5 Å². The van der Waals surface area contributed by atoms with Crippen LogP contribution in [0.3, 0.4) is 0 Å². The lowest BCUT2D eigenvalue weighted by Gasteiger charge is -1.97. The van der Waals surface area contributed by atoms with Crippen LogP contribution in [0.5, 0.6) is 5.75 Å². The Hall–Kier alpha value is -2.01. The smallest absolute Gasteiger partial charge is 0.142 e. The number of hydrogen-bond acceptors (Lipinski definition) is 2. The Labute approximate surface area is 84.2 Å². The number of allylic oxidation sites excluding steroid dienone is 1. The summed E-state index contributed by atoms with van der Waals surface area (Å²) in [7, 11) is 1.62. The highest BCUT2D eigenvalue weighted by atomic mass is 16.5. The van der Waals surface area contributed by atoms with E-state index in [4.69, 9.17) is 16.0 Å². The Bertz CT molecular complexity index is 328.